The number of carbonyl (C=O) groups is 2. The van der Waals surface area contributed by atoms with E-state index in [1.54, 1.807) is 0 Å². The first-order valence-electron chi connectivity index (χ1n) is 7.64. The van der Waals surface area contributed by atoms with Crippen molar-refractivity contribution in [1.29, 1.82) is 0 Å². The summed E-state index contributed by atoms with van der Waals surface area (Å²) in [5.74, 6) is -2.02. The number of fused-ring (bicyclic) bond motifs is 1. The summed E-state index contributed by atoms with van der Waals surface area (Å²) < 4.78 is 56.5. The van der Waals surface area contributed by atoms with Crippen LogP contribution in [0.1, 0.15) is 23.2 Å². The van der Waals surface area contributed by atoms with Crippen molar-refractivity contribution in [2.24, 2.45) is 0 Å². The molecule has 28 heavy (non-hydrogen) atoms. The number of aromatic nitrogens is 3. The molecule has 0 aliphatic heterocycles. The largest absolute Gasteiger partial charge is 0.573 e. The molecule has 2 aromatic heterocycles. The monoisotopic (exact) mass is 399 g/mol. The Kier molecular flexibility index (Phi) is 4.94. The number of oxazole rings is 1. The molecule has 148 valence electrons. The van der Waals surface area contributed by atoms with E-state index in [1.807, 2.05) is 0 Å². The maximum atomic E-state index is 12.2. The number of halogens is 3. The standard InChI is InChI=1S/C16H12F3N3O6/c1-8(23)26-7-11-12(14(24)25-2)27-15-20-13(21-22(11)15)9-3-5-10(6-4-9)28-16(17,18)19/h3-6H,7H2,1-2H3. The average molecular weight is 399 g/mol. The zero-order valence-corrected chi connectivity index (χ0v) is 14.4. The molecule has 0 spiro atoms. The van der Waals surface area contributed by atoms with Crippen LogP contribution < -0.4 is 4.74 Å². The van der Waals surface area contributed by atoms with Gasteiger partial charge in [0.05, 0.1) is 7.11 Å². The molecule has 0 saturated carbocycles. The highest BCUT2D eigenvalue weighted by Crippen LogP contribution is 2.26. The molecule has 0 aliphatic rings. The van der Waals surface area contributed by atoms with Crippen LogP contribution in [0.3, 0.4) is 0 Å². The first-order valence-corrected chi connectivity index (χ1v) is 7.64. The van der Waals surface area contributed by atoms with Crippen LogP contribution in [0.4, 0.5) is 13.2 Å². The number of benzene rings is 1. The van der Waals surface area contributed by atoms with E-state index < -0.39 is 24.1 Å². The van der Waals surface area contributed by atoms with E-state index in [-0.39, 0.29) is 29.7 Å². The fraction of sp³-hybridized carbons (Fsp3) is 0.250. The number of carbonyl (C=O) groups excluding carboxylic acids is 2. The van der Waals surface area contributed by atoms with Crippen LogP contribution in [0, 0.1) is 0 Å². The Morgan fingerprint density at radius 1 is 1.21 bits per heavy atom. The van der Waals surface area contributed by atoms with Gasteiger partial charge in [-0.2, -0.15) is 9.50 Å². The SMILES string of the molecule is COC(=O)c1oc2nc(-c3ccc(OC(F)(F)F)cc3)nn2c1COC(C)=O. The minimum absolute atomic E-state index is 0.0897. The second-order valence-corrected chi connectivity index (χ2v) is 5.35. The Hall–Kier alpha value is -3.57. The highest BCUT2D eigenvalue weighted by atomic mass is 19.4. The number of esters is 2. The minimum atomic E-state index is -4.80. The summed E-state index contributed by atoms with van der Waals surface area (Å²) in [6, 6.07) is 4.85. The van der Waals surface area contributed by atoms with Gasteiger partial charge >= 0.3 is 24.1 Å². The first-order chi connectivity index (χ1) is 13.2. The lowest BCUT2D eigenvalue weighted by molar-refractivity contribution is -0.274. The Morgan fingerprint density at radius 3 is 2.46 bits per heavy atom. The van der Waals surface area contributed by atoms with E-state index in [4.69, 9.17) is 9.15 Å². The molecule has 9 nitrogen and oxygen atoms in total. The van der Waals surface area contributed by atoms with Gasteiger partial charge in [0, 0.05) is 12.5 Å². The third-order valence-corrected chi connectivity index (χ3v) is 3.42. The van der Waals surface area contributed by atoms with E-state index in [0.717, 1.165) is 23.8 Å². The predicted molar refractivity (Wildman–Crippen MR) is 84.2 cm³/mol. The zero-order chi connectivity index (χ0) is 20.5. The number of rotatable bonds is 5. The summed E-state index contributed by atoms with van der Waals surface area (Å²) in [6.45, 7) is 0.861. The van der Waals surface area contributed by atoms with E-state index in [0.29, 0.717) is 5.56 Å². The van der Waals surface area contributed by atoms with Gasteiger partial charge in [-0.05, 0) is 24.3 Å². The van der Waals surface area contributed by atoms with Crippen LogP contribution in [0.5, 0.6) is 5.75 Å². The van der Waals surface area contributed by atoms with E-state index in [1.165, 1.54) is 19.1 Å². The summed E-state index contributed by atoms with van der Waals surface area (Å²) in [5, 5.41) is 4.15. The molecule has 0 bridgehead atoms. The Morgan fingerprint density at radius 2 is 1.89 bits per heavy atom. The highest BCUT2D eigenvalue weighted by Gasteiger charge is 2.31. The van der Waals surface area contributed by atoms with Crippen LogP contribution in [-0.2, 0) is 20.9 Å². The van der Waals surface area contributed by atoms with E-state index in [2.05, 4.69) is 19.6 Å². The van der Waals surface area contributed by atoms with Crippen LogP contribution in [0.2, 0.25) is 0 Å². The van der Waals surface area contributed by atoms with Crippen molar-refractivity contribution in [3.05, 3.63) is 35.7 Å². The van der Waals surface area contributed by atoms with E-state index in [9.17, 15) is 22.8 Å². The van der Waals surface area contributed by atoms with Crippen LogP contribution in [0.15, 0.2) is 28.7 Å². The summed E-state index contributed by atoms with van der Waals surface area (Å²) in [5.41, 5.74) is 0.458. The normalized spacial score (nSPS) is 11.5. The lowest BCUT2D eigenvalue weighted by Gasteiger charge is -2.08. The van der Waals surface area contributed by atoms with Gasteiger partial charge in [0.1, 0.15) is 18.1 Å². The van der Waals surface area contributed by atoms with Crippen molar-refractivity contribution in [2.45, 2.75) is 19.9 Å². The van der Waals surface area contributed by atoms with Crippen molar-refractivity contribution in [3.8, 4) is 17.1 Å². The van der Waals surface area contributed by atoms with Gasteiger partial charge < -0.3 is 18.6 Å². The fourth-order valence-corrected chi connectivity index (χ4v) is 2.26. The molecule has 2 heterocycles. The van der Waals surface area contributed by atoms with Crippen molar-refractivity contribution in [2.75, 3.05) is 7.11 Å². The summed E-state index contributed by atoms with van der Waals surface area (Å²) in [7, 11) is 1.15. The Balaban J connectivity index is 1.95. The van der Waals surface area contributed by atoms with Crippen molar-refractivity contribution < 1.29 is 41.4 Å². The summed E-state index contributed by atoms with van der Waals surface area (Å²) in [4.78, 5) is 27.0. The first kappa shape index (κ1) is 19.2. The molecule has 0 amide bonds. The molecule has 0 N–H and O–H groups in total. The lowest BCUT2D eigenvalue weighted by Crippen LogP contribution is -2.16. The summed E-state index contributed by atoms with van der Waals surface area (Å²) in [6.07, 6.45) is -4.80. The van der Waals surface area contributed by atoms with Gasteiger partial charge in [-0.3, -0.25) is 4.79 Å². The maximum Gasteiger partial charge on any atom is 0.573 e. The molecule has 0 fully saturated rings. The number of hydrogen-bond donors (Lipinski definition) is 0. The van der Waals surface area contributed by atoms with Gasteiger partial charge in [-0.15, -0.1) is 18.3 Å². The van der Waals surface area contributed by atoms with Gasteiger partial charge in [0.15, 0.2) is 5.82 Å². The Labute approximate surface area is 154 Å². The van der Waals surface area contributed by atoms with Crippen LogP contribution in [-0.4, -0.2) is 40.0 Å². The predicted octanol–water partition coefficient (Wildman–Crippen LogP) is 2.74. The minimum Gasteiger partial charge on any atom is -0.463 e. The van der Waals surface area contributed by atoms with Gasteiger partial charge in [-0.1, -0.05) is 0 Å². The van der Waals surface area contributed by atoms with Crippen molar-refractivity contribution in [3.63, 3.8) is 0 Å². The molecular formula is C16H12F3N3O6. The third-order valence-electron chi connectivity index (χ3n) is 3.42. The van der Waals surface area contributed by atoms with Gasteiger partial charge in [-0.25, -0.2) is 4.79 Å². The molecule has 0 radical (unpaired) electrons. The van der Waals surface area contributed by atoms with Crippen LogP contribution >= 0.6 is 0 Å². The molecule has 0 aliphatic carbocycles. The molecule has 0 unspecified atom stereocenters. The lowest BCUT2D eigenvalue weighted by atomic mass is 10.2. The average Bonchev–Trinajstić information content (AvgIpc) is 3.16. The summed E-state index contributed by atoms with van der Waals surface area (Å²) >= 11 is 0. The second-order valence-electron chi connectivity index (χ2n) is 5.35. The van der Waals surface area contributed by atoms with Crippen molar-refractivity contribution in [1.82, 2.24) is 14.6 Å². The zero-order valence-electron chi connectivity index (χ0n) is 14.4. The van der Waals surface area contributed by atoms with E-state index >= 15 is 0 Å². The molecule has 0 atom stereocenters. The van der Waals surface area contributed by atoms with Crippen LogP contribution in [0.25, 0.3) is 17.2 Å². The molecule has 12 heteroatoms. The Bertz CT molecular complexity index is 1020. The van der Waals surface area contributed by atoms with Gasteiger partial charge in [0.25, 0.3) is 0 Å². The molecule has 3 rings (SSSR count). The molecule has 0 saturated heterocycles. The fourth-order valence-electron chi connectivity index (χ4n) is 2.26. The second kappa shape index (κ2) is 7.21. The number of nitrogens with zero attached hydrogens (tertiary/aromatic N) is 3. The van der Waals surface area contributed by atoms with Crippen molar-refractivity contribution >= 4 is 17.8 Å². The molecule has 1 aromatic carbocycles. The topological polar surface area (TPSA) is 105 Å². The molecule has 3 aromatic rings. The number of hydrogen-bond acceptors (Lipinski definition) is 8. The quantitative estimate of drug-likeness (QED) is 0.603. The highest BCUT2D eigenvalue weighted by molar-refractivity contribution is 5.88. The maximum absolute atomic E-state index is 12.2. The molecular weight excluding hydrogens is 387 g/mol. The smallest absolute Gasteiger partial charge is 0.463 e. The number of ether oxygens (including phenoxy) is 3. The third kappa shape index (κ3) is 4.05. The number of alkyl halides is 3. The van der Waals surface area contributed by atoms with Gasteiger partial charge in [0.2, 0.25) is 5.76 Å². The number of methoxy groups -OCH3 is 1.